The van der Waals surface area contributed by atoms with E-state index in [4.69, 9.17) is 4.74 Å². The fourth-order valence-electron chi connectivity index (χ4n) is 3.58. The number of hydrogen-bond acceptors (Lipinski definition) is 6. The molecule has 1 N–H and O–H groups in total. The van der Waals surface area contributed by atoms with Gasteiger partial charge in [-0.2, -0.15) is 10.2 Å². The summed E-state index contributed by atoms with van der Waals surface area (Å²) in [6.45, 7) is 7.85. The Hall–Kier alpha value is -2.81. The van der Waals surface area contributed by atoms with E-state index < -0.39 is 0 Å². The van der Waals surface area contributed by atoms with Crippen molar-refractivity contribution < 1.29 is 9.53 Å². The van der Waals surface area contributed by atoms with Crippen LogP contribution in [0, 0.1) is 6.92 Å². The van der Waals surface area contributed by atoms with Gasteiger partial charge in [0.05, 0.1) is 24.2 Å². The Labute approximate surface area is 156 Å². The number of ether oxygens (including phenoxy) is 1. The quantitative estimate of drug-likeness (QED) is 0.737. The summed E-state index contributed by atoms with van der Waals surface area (Å²) in [5.74, 6) is 1.23. The van der Waals surface area contributed by atoms with Crippen LogP contribution in [0.5, 0.6) is 0 Å². The molecule has 5 rings (SSSR count). The Morgan fingerprint density at radius 3 is 2.93 bits per heavy atom. The van der Waals surface area contributed by atoms with E-state index in [0.717, 1.165) is 23.8 Å². The largest absolute Gasteiger partial charge is 0.379 e. The molecule has 0 saturated carbocycles. The highest BCUT2D eigenvalue weighted by Gasteiger charge is 2.34. The fraction of sp³-hybridized carbons (Fsp3) is 0.500. The van der Waals surface area contributed by atoms with Gasteiger partial charge in [-0.25, -0.2) is 14.6 Å². The van der Waals surface area contributed by atoms with E-state index in [0.29, 0.717) is 42.7 Å². The van der Waals surface area contributed by atoms with Crippen LogP contribution in [0.15, 0.2) is 12.4 Å². The molecule has 1 atom stereocenters. The van der Waals surface area contributed by atoms with Gasteiger partial charge in [-0.15, -0.1) is 0 Å². The molecule has 0 radical (unpaired) electrons. The van der Waals surface area contributed by atoms with Gasteiger partial charge in [-0.3, -0.25) is 9.89 Å². The van der Waals surface area contributed by atoms with Crippen molar-refractivity contribution in [2.45, 2.75) is 39.7 Å². The Kier molecular flexibility index (Phi) is 4.61. The zero-order chi connectivity index (χ0) is 19.0. The minimum atomic E-state index is -0.0234. The van der Waals surface area contributed by atoms with Crippen LogP contribution in [0.2, 0.25) is 0 Å². The monoisotopic (exact) mass is 369 g/mol. The van der Waals surface area contributed by atoms with E-state index in [1.54, 1.807) is 10.9 Å². The summed E-state index contributed by atoms with van der Waals surface area (Å²) in [5, 5.41) is 12.2. The zero-order valence-electron chi connectivity index (χ0n) is 15.8. The minimum absolute atomic E-state index is 0.0234. The molecule has 1 unspecified atom stereocenters. The number of H-pyrrole nitrogens is 1. The summed E-state index contributed by atoms with van der Waals surface area (Å²) >= 11 is 0. The van der Waals surface area contributed by atoms with E-state index in [9.17, 15) is 4.79 Å². The van der Waals surface area contributed by atoms with E-state index in [2.05, 4.69) is 25.3 Å². The Balaban J connectivity index is 0.000000872. The molecule has 142 valence electrons. The predicted octanol–water partition coefficient (Wildman–Crippen LogP) is 1.66. The third-order valence-electron chi connectivity index (χ3n) is 4.84. The molecular weight excluding hydrogens is 346 g/mol. The lowest BCUT2D eigenvalue weighted by Crippen LogP contribution is -2.45. The number of fused-ring (bicyclic) bond motifs is 2. The second kappa shape index (κ2) is 7.07. The van der Waals surface area contributed by atoms with Crippen molar-refractivity contribution in [2.75, 3.05) is 19.8 Å². The van der Waals surface area contributed by atoms with Crippen LogP contribution in [0.1, 0.15) is 42.1 Å². The van der Waals surface area contributed by atoms with Crippen molar-refractivity contribution in [3.8, 4) is 5.82 Å². The molecule has 0 bridgehead atoms. The zero-order valence-corrected chi connectivity index (χ0v) is 15.8. The van der Waals surface area contributed by atoms with Crippen LogP contribution in [-0.2, 0) is 11.2 Å². The molecule has 3 aromatic rings. The normalized spacial score (nSPS) is 19.1. The molecule has 0 spiro atoms. The maximum absolute atomic E-state index is 12.9. The number of amides is 1. The average Bonchev–Trinajstić information content (AvgIpc) is 3.43. The predicted molar refractivity (Wildman–Crippen MR) is 98.9 cm³/mol. The molecule has 1 amide bonds. The summed E-state index contributed by atoms with van der Waals surface area (Å²) in [7, 11) is 0. The molecule has 1 saturated heterocycles. The van der Waals surface area contributed by atoms with Crippen LogP contribution in [0.3, 0.4) is 0 Å². The summed E-state index contributed by atoms with van der Waals surface area (Å²) < 4.78 is 7.10. The van der Waals surface area contributed by atoms with Crippen molar-refractivity contribution in [1.82, 2.24) is 34.8 Å². The number of carbonyl (C=O) groups is 1. The number of carbonyl (C=O) groups excluding carboxylic acids is 1. The van der Waals surface area contributed by atoms with E-state index in [1.807, 2.05) is 31.9 Å². The Morgan fingerprint density at radius 2 is 2.15 bits per heavy atom. The maximum atomic E-state index is 12.9. The smallest absolute Gasteiger partial charge is 0.274 e. The average molecular weight is 369 g/mol. The summed E-state index contributed by atoms with van der Waals surface area (Å²) in [6.07, 6.45) is 5.25. The first-order valence-electron chi connectivity index (χ1n) is 9.36. The van der Waals surface area contributed by atoms with Crippen molar-refractivity contribution in [3.63, 3.8) is 0 Å². The third kappa shape index (κ3) is 2.97. The maximum Gasteiger partial charge on any atom is 0.274 e. The minimum Gasteiger partial charge on any atom is -0.379 e. The lowest BCUT2D eigenvalue weighted by atomic mass is 10.0. The van der Waals surface area contributed by atoms with E-state index >= 15 is 0 Å². The van der Waals surface area contributed by atoms with Gasteiger partial charge in [-0.1, -0.05) is 13.8 Å². The van der Waals surface area contributed by atoms with Crippen LogP contribution in [0.25, 0.3) is 16.9 Å². The highest BCUT2D eigenvalue weighted by Crippen LogP contribution is 2.25. The molecule has 0 aliphatic carbocycles. The second-order valence-corrected chi connectivity index (χ2v) is 6.44. The lowest BCUT2D eigenvalue weighted by Gasteiger charge is -2.30. The van der Waals surface area contributed by atoms with Gasteiger partial charge in [0.1, 0.15) is 5.82 Å². The molecule has 2 aliphatic heterocycles. The molecule has 1 fully saturated rings. The lowest BCUT2D eigenvalue weighted by molar-refractivity contribution is 0.0629. The fourth-order valence-corrected chi connectivity index (χ4v) is 3.58. The van der Waals surface area contributed by atoms with Gasteiger partial charge < -0.3 is 9.64 Å². The summed E-state index contributed by atoms with van der Waals surface area (Å²) in [4.78, 5) is 23.6. The Morgan fingerprint density at radius 1 is 1.30 bits per heavy atom. The number of hydrogen-bond donors (Lipinski definition) is 1. The van der Waals surface area contributed by atoms with Gasteiger partial charge in [0, 0.05) is 24.9 Å². The van der Waals surface area contributed by atoms with Crippen molar-refractivity contribution in [2.24, 2.45) is 0 Å². The standard InChI is InChI=1S/C16H17N7O2.C2H6/c1-9-18-14-12(6-17-20-14)15(19-9)23-7-10-2-4-22(11-3-5-25-8-11)16(24)13(10)21-23;1-2/h6-7,11H,2-5,8H2,1H3,(H,17,18,19,20);1-2H3. The molecule has 3 aromatic heterocycles. The summed E-state index contributed by atoms with van der Waals surface area (Å²) in [5.41, 5.74) is 2.12. The van der Waals surface area contributed by atoms with Crippen molar-refractivity contribution in [3.05, 3.63) is 29.5 Å². The number of nitrogens with zero attached hydrogens (tertiary/aromatic N) is 6. The molecule has 9 nitrogen and oxygen atoms in total. The molecule has 9 heteroatoms. The van der Waals surface area contributed by atoms with E-state index in [1.165, 1.54) is 0 Å². The number of aromatic amines is 1. The van der Waals surface area contributed by atoms with Crippen molar-refractivity contribution >= 4 is 16.9 Å². The van der Waals surface area contributed by atoms with Crippen LogP contribution in [-0.4, -0.2) is 66.6 Å². The first kappa shape index (κ1) is 17.6. The SMILES string of the molecule is CC.Cc1nc(-n2cc3c(n2)C(=O)N(C2CCOC2)CC3)c2cn[nH]c2n1. The van der Waals surface area contributed by atoms with Gasteiger partial charge in [0.2, 0.25) is 0 Å². The molecular formula is C18H23N7O2. The molecule has 5 heterocycles. The number of nitrogens with one attached hydrogen (secondary N) is 1. The van der Waals surface area contributed by atoms with Gasteiger partial charge >= 0.3 is 0 Å². The van der Waals surface area contributed by atoms with Crippen LogP contribution >= 0.6 is 0 Å². The van der Waals surface area contributed by atoms with Gasteiger partial charge in [-0.05, 0) is 19.8 Å². The first-order chi connectivity index (χ1) is 13.2. The molecule has 2 aliphatic rings. The highest BCUT2D eigenvalue weighted by atomic mass is 16.5. The van der Waals surface area contributed by atoms with Crippen molar-refractivity contribution in [1.29, 1.82) is 0 Å². The number of aromatic nitrogens is 6. The third-order valence-corrected chi connectivity index (χ3v) is 4.84. The van der Waals surface area contributed by atoms with Gasteiger partial charge in [0.25, 0.3) is 5.91 Å². The highest BCUT2D eigenvalue weighted by molar-refractivity contribution is 5.95. The molecule has 27 heavy (non-hydrogen) atoms. The number of rotatable bonds is 2. The van der Waals surface area contributed by atoms with Crippen LogP contribution in [0.4, 0.5) is 0 Å². The first-order valence-corrected chi connectivity index (χ1v) is 9.36. The Bertz CT molecular complexity index is 971. The summed E-state index contributed by atoms with van der Waals surface area (Å²) in [6, 6.07) is 0.160. The van der Waals surface area contributed by atoms with Gasteiger partial charge in [0.15, 0.2) is 17.2 Å². The van der Waals surface area contributed by atoms with E-state index in [-0.39, 0.29) is 11.9 Å². The molecule has 0 aromatic carbocycles. The van der Waals surface area contributed by atoms with Crippen LogP contribution < -0.4 is 0 Å². The number of aryl methyl sites for hydroxylation is 1. The topological polar surface area (TPSA) is 102 Å². The second-order valence-electron chi connectivity index (χ2n) is 6.44.